The number of nitrogens with one attached hydrogen (secondary N) is 1. The summed E-state index contributed by atoms with van der Waals surface area (Å²) < 4.78 is 5.69. The van der Waals surface area contributed by atoms with Gasteiger partial charge in [-0.15, -0.1) is 0 Å². The van der Waals surface area contributed by atoms with Crippen LogP contribution >= 0.6 is 0 Å². The molecule has 2 saturated carbocycles. The molecule has 0 radical (unpaired) electrons. The number of aromatic nitrogens is 1. The lowest BCUT2D eigenvalue weighted by Crippen LogP contribution is -2.28. The Balaban J connectivity index is 1.55. The number of hydrogen-bond acceptors (Lipinski definition) is 4. The highest BCUT2D eigenvalue weighted by atomic mass is 16.4. The molecule has 2 aliphatic carbocycles. The van der Waals surface area contributed by atoms with Gasteiger partial charge in [-0.3, -0.25) is 0 Å². The smallest absolute Gasteiger partial charge is 0.297 e. The van der Waals surface area contributed by atoms with Crippen LogP contribution in [-0.2, 0) is 6.54 Å². The first-order valence-corrected chi connectivity index (χ1v) is 7.64. The second-order valence-corrected chi connectivity index (χ2v) is 6.47. The predicted molar refractivity (Wildman–Crippen MR) is 76.1 cm³/mol. The lowest BCUT2D eigenvalue weighted by molar-refractivity contribution is 0.520. The molecule has 0 unspecified atom stereocenters. The van der Waals surface area contributed by atoms with E-state index in [1.165, 1.54) is 25.7 Å². The number of anilines is 1. The Labute approximate surface area is 115 Å². The summed E-state index contributed by atoms with van der Waals surface area (Å²) in [6.45, 7) is 7.40. The summed E-state index contributed by atoms with van der Waals surface area (Å²) in [5.41, 5.74) is 1.03. The number of hydrogen-bond donors (Lipinski definition) is 1. The van der Waals surface area contributed by atoms with Crippen molar-refractivity contribution < 1.29 is 4.42 Å². The van der Waals surface area contributed by atoms with Crippen molar-refractivity contribution in [1.29, 1.82) is 0 Å². The second kappa shape index (κ2) is 5.53. The van der Waals surface area contributed by atoms with Crippen molar-refractivity contribution >= 4 is 6.01 Å². The van der Waals surface area contributed by atoms with Crippen LogP contribution in [0.3, 0.4) is 0 Å². The molecule has 2 aliphatic rings. The summed E-state index contributed by atoms with van der Waals surface area (Å²) in [4.78, 5) is 7.04. The first-order chi connectivity index (χ1) is 9.22. The van der Waals surface area contributed by atoms with Gasteiger partial charge >= 0.3 is 0 Å². The number of nitrogens with zero attached hydrogens (tertiary/aromatic N) is 2. The molecule has 2 fully saturated rings. The molecular weight excluding hydrogens is 238 g/mol. The van der Waals surface area contributed by atoms with Crippen LogP contribution in [0.5, 0.6) is 0 Å². The van der Waals surface area contributed by atoms with Gasteiger partial charge < -0.3 is 14.6 Å². The lowest BCUT2D eigenvalue weighted by atomic mass is 10.2. The average Bonchev–Trinajstić information content (AvgIpc) is 3.26. The van der Waals surface area contributed by atoms with E-state index in [4.69, 9.17) is 4.42 Å². The Bertz CT molecular complexity index is 407. The van der Waals surface area contributed by atoms with E-state index in [1.807, 2.05) is 6.26 Å². The summed E-state index contributed by atoms with van der Waals surface area (Å²) in [5.74, 6) is 1.55. The third kappa shape index (κ3) is 3.72. The molecule has 0 atom stereocenters. The predicted octanol–water partition coefficient (Wildman–Crippen LogP) is 2.80. The Morgan fingerprint density at radius 2 is 2.16 bits per heavy atom. The quantitative estimate of drug-likeness (QED) is 0.783. The van der Waals surface area contributed by atoms with E-state index in [0.29, 0.717) is 12.0 Å². The van der Waals surface area contributed by atoms with Crippen molar-refractivity contribution in [1.82, 2.24) is 10.3 Å². The first kappa shape index (κ1) is 13.0. The van der Waals surface area contributed by atoms with Crippen LogP contribution in [0.1, 0.15) is 45.2 Å². The fourth-order valence-electron chi connectivity index (χ4n) is 2.35. The van der Waals surface area contributed by atoms with Crippen LogP contribution in [0, 0.1) is 11.8 Å². The molecular formula is C15H25N3O. The molecule has 1 aromatic heterocycles. The van der Waals surface area contributed by atoms with Crippen LogP contribution < -0.4 is 10.2 Å². The average molecular weight is 263 g/mol. The van der Waals surface area contributed by atoms with E-state index in [1.54, 1.807) is 0 Å². The SMILES string of the molecule is CC(C)CNCc1coc(N(CC2CC2)C2CC2)n1. The molecule has 4 nitrogen and oxygen atoms in total. The van der Waals surface area contributed by atoms with Crippen molar-refractivity contribution in [3.05, 3.63) is 12.0 Å². The molecule has 4 heteroatoms. The highest BCUT2D eigenvalue weighted by Gasteiger charge is 2.36. The molecule has 0 spiro atoms. The van der Waals surface area contributed by atoms with Gasteiger partial charge in [0, 0.05) is 19.1 Å². The van der Waals surface area contributed by atoms with Gasteiger partial charge in [0.1, 0.15) is 6.26 Å². The zero-order chi connectivity index (χ0) is 13.2. The van der Waals surface area contributed by atoms with Crippen molar-refractivity contribution in [2.45, 2.75) is 52.1 Å². The highest BCUT2D eigenvalue weighted by molar-refractivity contribution is 5.32. The summed E-state index contributed by atoms with van der Waals surface area (Å²) in [6.07, 6.45) is 7.18. The van der Waals surface area contributed by atoms with Crippen LogP contribution in [0.4, 0.5) is 6.01 Å². The minimum atomic E-state index is 0.671. The van der Waals surface area contributed by atoms with Gasteiger partial charge in [-0.05, 0) is 44.1 Å². The third-order valence-corrected chi connectivity index (χ3v) is 3.78. The zero-order valence-electron chi connectivity index (χ0n) is 12.1. The van der Waals surface area contributed by atoms with Crippen molar-refractivity contribution in [2.75, 3.05) is 18.0 Å². The van der Waals surface area contributed by atoms with E-state index in [0.717, 1.165) is 37.3 Å². The molecule has 0 aromatic carbocycles. The standard InChI is InChI=1S/C15H25N3O/c1-11(2)7-16-8-13-10-19-15(17-13)18(14-5-6-14)9-12-3-4-12/h10-12,14,16H,3-9H2,1-2H3. The summed E-state index contributed by atoms with van der Waals surface area (Å²) in [7, 11) is 0. The molecule has 19 heavy (non-hydrogen) atoms. The number of oxazole rings is 1. The summed E-state index contributed by atoms with van der Waals surface area (Å²) in [5, 5.41) is 3.41. The minimum Gasteiger partial charge on any atom is -0.432 e. The van der Waals surface area contributed by atoms with Gasteiger partial charge in [-0.1, -0.05) is 13.8 Å². The fourth-order valence-corrected chi connectivity index (χ4v) is 2.35. The van der Waals surface area contributed by atoms with Crippen molar-refractivity contribution in [2.24, 2.45) is 11.8 Å². The first-order valence-electron chi connectivity index (χ1n) is 7.64. The van der Waals surface area contributed by atoms with E-state index < -0.39 is 0 Å². The Morgan fingerprint density at radius 3 is 2.79 bits per heavy atom. The van der Waals surface area contributed by atoms with Gasteiger partial charge in [0.15, 0.2) is 0 Å². The molecule has 0 saturated heterocycles. The molecule has 1 N–H and O–H groups in total. The van der Waals surface area contributed by atoms with Crippen molar-refractivity contribution in [3.8, 4) is 0 Å². The zero-order valence-corrected chi connectivity index (χ0v) is 12.1. The summed E-state index contributed by atoms with van der Waals surface area (Å²) in [6, 6.07) is 1.53. The maximum absolute atomic E-state index is 5.69. The Hall–Kier alpha value is -1.03. The third-order valence-electron chi connectivity index (χ3n) is 3.78. The Morgan fingerprint density at radius 1 is 1.37 bits per heavy atom. The van der Waals surface area contributed by atoms with E-state index in [9.17, 15) is 0 Å². The molecule has 0 bridgehead atoms. The van der Waals surface area contributed by atoms with Gasteiger partial charge in [0.05, 0.1) is 5.69 Å². The van der Waals surface area contributed by atoms with Crippen LogP contribution in [-0.4, -0.2) is 24.1 Å². The van der Waals surface area contributed by atoms with E-state index >= 15 is 0 Å². The maximum Gasteiger partial charge on any atom is 0.297 e. The van der Waals surface area contributed by atoms with Crippen molar-refractivity contribution in [3.63, 3.8) is 0 Å². The van der Waals surface area contributed by atoms with Gasteiger partial charge in [-0.2, -0.15) is 4.98 Å². The normalized spacial score (nSPS) is 19.1. The second-order valence-electron chi connectivity index (χ2n) is 6.47. The number of rotatable bonds is 8. The molecule has 0 amide bonds. The molecule has 1 heterocycles. The topological polar surface area (TPSA) is 41.3 Å². The summed E-state index contributed by atoms with van der Waals surface area (Å²) >= 11 is 0. The van der Waals surface area contributed by atoms with Crippen LogP contribution in [0.15, 0.2) is 10.7 Å². The van der Waals surface area contributed by atoms with Gasteiger partial charge in [0.25, 0.3) is 6.01 Å². The lowest BCUT2D eigenvalue weighted by Gasteiger charge is -2.19. The maximum atomic E-state index is 5.69. The molecule has 1 aromatic rings. The van der Waals surface area contributed by atoms with E-state index in [2.05, 4.69) is 29.0 Å². The van der Waals surface area contributed by atoms with Crippen LogP contribution in [0.2, 0.25) is 0 Å². The molecule has 0 aliphatic heterocycles. The van der Waals surface area contributed by atoms with E-state index in [-0.39, 0.29) is 0 Å². The largest absolute Gasteiger partial charge is 0.432 e. The fraction of sp³-hybridized carbons (Fsp3) is 0.800. The van der Waals surface area contributed by atoms with Gasteiger partial charge in [-0.25, -0.2) is 0 Å². The monoisotopic (exact) mass is 263 g/mol. The van der Waals surface area contributed by atoms with Gasteiger partial charge in [0.2, 0.25) is 0 Å². The molecule has 3 rings (SSSR count). The van der Waals surface area contributed by atoms with Crippen LogP contribution in [0.25, 0.3) is 0 Å². The minimum absolute atomic E-state index is 0.671. The highest BCUT2D eigenvalue weighted by Crippen LogP contribution is 2.37. The molecule has 106 valence electrons. The Kier molecular flexibility index (Phi) is 3.78.